The van der Waals surface area contributed by atoms with Gasteiger partial charge in [0.1, 0.15) is 19.3 Å². The standard InChI is InChI=1S/C79H154O17P2/c1-8-10-11-12-13-14-15-16-17-18-19-20-21-26-29-32-40-48-55-62-78(83)95-74(66-89-76(81)60-53-46-39-31-28-25-23-22-24-27-30-36-43-50-57-70(3)4)68-93-97(85,86)91-64-73(80)65-92-98(87,88)94-69-75(67-90-77(82)61-54-47-42-35-37-44-51-58-71(5)6)96-79(84)63-56-49-41-34-33-38-45-52-59-72(7)9-2/h70-75,80H,8-69H2,1-7H3,(H,85,86)(H,87,88)/t72?,73-,74-,75-/m1/s1. The Morgan fingerprint density at radius 3 is 0.776 bits per heavy atom. The molecule has 0 aromatic rings. The lowest BCUT2D eigenvalue weighted by atomic mass is 9.99. The highest BCUT2D eigenvalue weighted by Crippen LogP contribution is 2.45. The molecule has 0 aliphatic carbocycles. The number of hydrogen-bond donors (Lipinski definition) is 3. The van der Waals surface area contributed by atoms with Crippen molar-refractivity contribution >= 4 is 39.5 Å². The fraction of sp³-hybridized carbons (Fsp3) is 0.949. The van der Waals surface area contributed by atoms with E-state index in [1.165, 1.54) is 212 Å². The molecule has 0 aliphatic rings. The molecule has 0 saturated heterocycles. The van der Waals surface area contributed by atoms with Crippen molar-refractivity contribution in [3.05, 3.63) is 0 Å². The van der Waals surface area contributed by atoms with Crippen LogP contribution >= 0.6 is 15.6 Å². The molecule has 0 aliphatic heterocycles. The van der Waals surface area contributed by atoms with Gasteiger partial charge in [0.15, 0.2) is 12.2 Å². The van der Waals surface area contributed by atoms with Crippen LogP contribution in [-0.2, 0) is 65.4 Å². The van der Waals surface area contributed by atoms with Gasteiger partial charge in [-0.05, 0) is 43.4 Å². The van der Waals surface area contributed by atoms with Crippen LogP contribution in [0.1, 0.15) is 408 Å². The number of carbonyl (C=O) groups is 4. The number of aliphatic hydroxyl groups is 1. The average molecular weight is 1440 g/mol. The van der Waals surface area contributed by atoms with Gasteiger partial charge < -0.3 is 33.8 Å². The molecule has 582 valence electrons. The molecule has 0 heterocycles. The molecule has 6 atom stereocenters. The summed E-state index contributed by atoms with van der Waals surface area (Å²) in [6.07, 6.45) is 57.0. The summed E-state index contributed by atoms with van der Waals surface area (Å²) in [7, 11) is -9.92. The van der Waals surface area contributed by atoms with Crippen LogP contribution < -0.4 is 0 Å². The molecule has 0 amide bonds. The molecular weight excluding hydrogens is 1280 g/mol. The third-order valence-electron chi connectivity index (χ3n) is 18.7. The molecule has 0 rings (SSSR count). The predicted octanol–water partition coefficient (Wildman–Crippen LogP) is 23.4. The van der Waals surface area contributed by atoms with Gasteiger partial charge in [-0.15, -0.1) is 0 Å². The smallest absolute Gasteiger partial charge is 0.462 e. The van der Waals surface area contributed by atoms with Crippen molar-refractivity contribution in [3.63, 3.8) is 0 Å². The van der Waals surface area contributed by atoms with Gasteiger partial charge in [0.25, 0.3) is 0 Å². The fourth-order valence-corrected chi connectivity index (χ4v) is 13.7. The van der Waals surface area contributed by atoms with Gasteiger partial charge in [0.2, 0.25) is 0 Å². The summed E-state index contributed by atoms with van der Waals surface area (Å²) >= 11 is 0. The van der Waals surface area contributed by atoms with E-state index in [2.05, 4.69) is 48.5 Å². The summed E-state index contributed by atoms with van der Waals surface area (Å²) in [4.78, 5) is 72.9. The third-order valence-corrected chi connectivity index (χ3v) is 20.6. The highest BCUT2D eigenvalue weighted by atomic mass is 31.2. The number of hydrogen-bond acceptors (Lipinski definition) is 15. The topological polar surface area (TPSA) is 237 Å². The number of phosphoric acid groups is 2. The number of ether oxygens (including phenoxy) is 4. The summed E-state index contributed by atoms with van der Waals surface area (Å²) in [5, 5.41) is 10.6. The number of aliphatic hydroxyl groups excluding tert-OH is 1. The summed E-state index contributed by atoms with van der Waals surface area (Å²) in [6.45, 7) is 11.9. The first-order chi connectivity index (χ1) is 47.3. The van der Waals surface area contributed by atoms with Crippen LogP contribution in [0.25, 0.3) is 0 Å². The Morgan fingerprint density at radius 1 is 0.296 bits per heavy atom. The Balaban J connectivity index is 5.24. The van der Waals surface area contributed by atoms with Crippen molar-refractivity contribution in [1.82, 2.24) is 0 Å². The second-order valence-corrected chi connectivity index (χ2v) is 32.6. The first-order valence-electron chi connectivity index (χ1n) is 40.9. The maximum Gasteiger partial charge on any atom is 0.472 e. The normalized spacial score (nSPS) is 14.3. The van der Waals surface area contributed by atoms with Crippen LogP contribution in [0.5, 0.6) is 0 Å². The van der Waals surface area contributed by atoms with E-state index in [4.69, 9.17) is 37.0 Å². The Morgan fingerprint density at radius 2 is 0.520 bits per heavy atom. The van der Waals surface area contributed by atoms with Crippen LogP contribution in [0.3, 0.4) is 0 Å². The van der Waals surface area contributed by atoms with Crippen molar-refractivity contribution in [1.29, 1.82) is 0 Å². The predicted molar refractivity (Wildman–Crippen MR) is 400 cm³/mol. The maximum absolute atomic E-state index is 13.1. The minimum absolute atomic E-state index is 0.104. The molecule has 0 spiro atoms. The average Bonchev–Trinajstić information content (AvgIpc) is 1.15. The highest BCUT2D eigenvalue weighted by Gasteiger charge is 2.30. The summed E-state index contributed by atoms with van der Waals surface area (Å²) in [5.74, 6) is 0.157. The van der Waals surface area contributed by atoms with Gasteiger partial charge in [0.05, 0.1) is 26.4 Å². The molecule has 3 N–H and O–H groups in total. The molecule has 0 aromatic carbocycles. The van der Waals surface area contributed by atoms with Gasteiger partial charge in [-0.3, -0.25) is 37.3 Å². The zero-order valence-electron chi connectivity index (χ0n) is 64.3. The molecule has 0 fully saturated rings. The maximum atomic E-state index is 13.1. The number of unbranched alkanes of at least 4 members (excludes halogenated alkanes) is 44. The van der Waals surface area contributed by atoms with Crippen molar-refractivity contribution in [2.24, 2.45) is 17.8 Å². The van der Waals surface area contributed by atoms with E-state index >= 15 is 0 Å². The Labute approximate surface area is 600 Å². The van der Waals surface area contributed by atoms with Gasteiger partial charge >= 0.3 is 39.5 Å². The van der Waals surface area contributed by atoms with E-state index in [9.17, 15) is 43.2 Å². The molecule has 19 heteroatoms. The SMILES string of the molecule is CCCCCCCCCCCCCCCCCCCCCC(=O)O[C@H](COC(=O)CCCCCCCCCCCCCCCCC(C)C)COP(=O)(O)OC[C@@H](O)COP(=O)(O)OC[C@@H](COC(=O)CCCCCCCCCC(C)C)OC(=O)CCCCCCCCCCC(C)CC. The summed E-state index contributed by atoms with van der Waals surface area (Å²) in [5.41, 5.74) is 0. The lowest BCUT2D eigenvalue weighted by molar-refractivity contribution is -0.161. The molecule has 17 nitrogen and oxygen atoms in total. The number of carbonyl (C=O) groups excluding carboxylic acids is 4. The van der Waals surface area contributed by atoms with Crippen molar-refractivity contribution < 1.29 is 80.2 Å². The van der Waals surface area contributed by atoms with E-state index in [-0.39, 0.29) is 25.7 Å². The summed E-state index contributed by atoms with van der Waals surface area (Å²) < 4.78 is 68.6. The van der Waals surface area contributed by atoms with Crippen LogP contribution in [0, 0.1) is 17.8 Å². The first kappa shape index (κ1) is 96.1. The minimum Gasteiger partial charge on any atom is -0.462 e. The fourth-order valence-electron chi connectivity index (χ4n) is 12.1. The molecule has 0 radical (unpaired) electrons. The Hall–Kier alpha value is -1.94. The molecule has 0 bridgehead atoms. The van der Waals surface area contributed by atoms with Gasteiger partial charge in [0, 0.05) is 25.7 Å². The lowest BCUT2D eigenvalue weighted by Gasteiger charge is -2.21. The summed E-state index contributed by atoms with van der Waals surface area (Å²) in [6, 6.07) is 0. The largest absolute Gasteiger partial charge is 0.472 e. The first-order valence-corrected chi connectivity index (χ1v) is 43.9. The molecule has 0 saturated carbocycles. The zero-order valence-corrected chi connectivity index (χ0v) is 66.0. The monoisotopic (exact) mass is 1440 g/mol. The number of rotatable bonds is 77. The zero-order chi connectivity index (χ0) is 72.3. The van der Waals surface area contributed by atoms with Gasteiger partial charge in [-0.25, -0.2) is 9.13 Å². The molecule has 3 unspecified atom stereocenters. The number of esters is 4. The van der Waals surface area contributed by atoms with E-state index in [1.54, 1.807) is 0 Å². The van der Waals surface area contributed by atoms with Crippen molar-refractivity contribution in [2.75, 3.05) is 39.6 Å². The van der Waals surface area contributed by atoms with Crippen LogP contribution in [-0.4, -0.2) is 96.7 Å². The van der Waals surface area contributed by atoms with E-state index in [1.807, 2.05) is 0 Å². The van der Waals surface area contributed by atoms with Crippen LogP contribution in [0.15, 0.2) is 0 Å². The van der Waals surface area contributed by atoms with Crippen molar-refractivity contribution in [3.8, 4) is 0 Å². The third kappa shape index (κ3) is 71.1. The van der Waals surface area contributed by atoms with Gasteiger partial charge in [-0.1, -0.05) is 357 Å². The second-order valence-electron chi connectivity index (χ2n) is 29.6. The van der Waals surface area contributed by atoms with Crippen molar-refractivity contribution in [2.45, 2.75) is 426 Å². The molecule has 98 heavy (non-hydrogen) atoms. The van der Waals surface area contributed by atoms with E-state index < -0.39 is 97.5 Å². The van der Waals surface area contributed by atoms with E-state index in [0.29, 0.717) is 31.6 Å². The highest BCUT2D eigenvalue weighted by molar-refractivity contribution is 7.47. The van der Waals surface area contributed by atoms with Gasteiger partial charge in [-0.2, -0.15) is 0 Å². The van der Waals surface area contributed by atoms with Crippen LogP contribution in [0.2, 0.25) is 0 Å². The molecular formula is C79H154O17P2. The Kier molecular flexibility index (Phi) is 68.1. The Bertz CT molecular complexity index is 1910. The quantitative estimate of drug-likeness (QED) is 0.0222. The lowest BCUT2D eigenvalue weighted by Crippen LogP contribution is -2.30. The number of phosphoric ester groups is 2. The minimum atomic E-state index is -4.96. The van der Waals surface area contributed by atoms with E-state index in [0.717, 1.165) is 108 Å². The van der Waals surface area contributed by atoms with Crippen LogP contribution in [0.4, 0.5) is 0 Å². The second kappa shape index (κ2) is 69.4. The molecule has 0 aromatic heterocycles.